The van der Waals surface area contributed by atoms with Crippen LogP contribution in [0.25, 0.3) is 17.0 Å². The SMILES string of the molecule is O=C(CCCCCCn1cc(Nc2ncc(Cl)c(-c3cnc4ccccn34)n2)cn1)NO. The van der Waals surface area contributed by atoms with Crippen molar-refractivity contribution in [1.82, 2.24) is 34.6 Å². The number of halogens is 1. The number of nitrogens with one attached hydrogen (secondary N) is 2. The van der Waals surface area contributed by atoms with Gasteiger partial charge in [0.25, 0.3) is 0 Å². The van der Waals surface area contributed by atoms with Gasteiger partial charge >= 0.3 is 0 Å². The standard InChI is InChI=1S/C21H23ClN8O2/c22-16-12-24-21(27-20(16)17-13-23-18-7-4-6-10-30(17)18)26-15-11-25-29(14-15)9-5-2-1-3-8-19(31)28-32/h4,6-7,10-14,32H,1-3,5,8-9H2,(H,28,31)(H,24,26,27). The predicted molar refractivity (Wildman–Crippen MR) is 120 cm³/mol. The average molecular weight is 455 g/mol. The molecule has 4 heterocycles. The summed E-state index contributed by atoms with van der Waals surface area (Å²) in [6, 6.07) is 5.76. The number of amides is 1. The number of aryl methyl sites for hydroxylation is 1. The minimum atomic E-state index is -0.346. The van der Waals surface area contributed by atoms with Crippen LogP contribution in [-0.4, -0.2) is 40.2 Å². The number of anilines is 2. The largest absolute Gasteiger partial charge is 0.321 e. The van der Waals surface area contributed by atoms with Gasteiger partial charge in [-0.25, -0.2) is 20.4 Å². The molecule has 0 unspecified atom stereocenters. The highest BCUT2D eigenvalue weighted by Gasteiger charge is 2.13. The number of nitrogens with zero attached hydrogens (tertiary/aromatic N) is 6. The first-order valence-electron chi connectivity index (χ1n) is 10.3. The Balaban J connectivity index is 1.36. The number of hydroxylamine groups is 1. The van der Waals surface area contributed by atoms with E-state index >= 15 is 0 Å². The van der Waals surface area contributed by atoms with E-state index in [1.807, 2.05) is 39.7 Å². The van der Waals surface area contributed by atoms with Crippen LogP contribution in [0.5, 0.6) is 0 Å². The topological polar surface area (TPSA) is 122 Å². The molecule has 11 heteroatoms. The van der Waals surface area contributed by atoms with Gasteiger partial charge in [-0.15, -0.1) is 0 Å². The van der Waals surface area contributed by atoms with Crippen LogP contribution >= 0.6 is 11.6 Å². The quantitative estimate of drug-likeness (QED) is 0.189. The summed E-state index contributed by atoms with van der Waals surface area (Å²) in [5.41, 5.74) is 4.60. The van der Waals surface area contributed by atoms with Crippen LogP contribution in [0, 0.1) is 0 Å². The fraction of sp³-hybridized carbons (Fsp3) is 0.286. The van der Waals surface area contributed by atoms with Gasteiger partial charge in [0.15, 0.2) is 0 Å². The zero-order chi connectivity index (χ0) is 22.3. The van der Waals surface area contributed by atoms with E-state index in [1.54, 1.807) is 24.1 Å². The second kappa shape index (κ2) is 10.2. The van der Waals surface area contributed by atoms with Crippen LogP contribution in [0.15, 0.2) is 49.2 Å². The van der Waals surface area contributed by atoms with Gasteiger partial charge in [-0.05, 0) is 25.0 Å². The first-order valence-corrected chi connectivity index (χ1v) is 10.7. The van der Waals surface area contributed by atoms with Crippen LogP contribution in [0.1, 0.15) is 32.1 Å². The Kier molecular flexibility index (Phi) is 6.93. The van der Waals surface area contributed by atoms with Crippen molar-refractivity contribution in [1.29, 1.82) is 0 Å². The zero-order valence-electron chi connectivity index (χ0n) is 17.3. The van der Waals surface area contributed by atoms with Gasteiger partial charge in [0.1, 0.15) is 11.3 Å². The third kappa shape index (κ3) is 5.21. The summed E-state index contributed by atoms with van der Waals surface area (Å²) in [5, 5.41) is 16.4. The molecule has 0 radical (unpaired) electrons. The third-order valence-corrected chi connectivity index (χ3v) is 5.24. The summed E-state index contributed by atoms with van der Waals surface area (Å²) in [7, 11) is 0. The summed E-state index contributed by atoms with van der Waals surface area (Å²) in [5.74, 6) is 0.0683. The Bertz CT molecular complexity index is 1210. The predicted octanol–water partition coefficient (Wildman–Crippen LogP) is 3.84. The molecule has 166 valence electrons. The molecule has 3 N–H and O–H groups in total. The van der Waals surface area contributed by atoms with E-state index < -0.39 is 0 Å². The monoisotopic (exact) mass is 454 g/mol. The molecule has 1 amide bonds. The number of hydrogen-bond donors (Lipinski definition) is 3. The van der Waals surface area contributed by atoms with Crippen molar-refractivity contribution in [2.24, 2.45) is 0 Å². The molecule has 0 saturated heterocycles. The summed E-state index contributed by atoms with van der Waals surface area (Å²) < 4.78 is 3.77. The molecular weight excluding hydrogens is 432 g/mol. The van der Waals surface area contributed by atoms with E-state index in [2.05, 4.69) is 25.4 Å². The molecule has 4 rings (SSSR count). The van der Waals surface area contributed by atoms with Crippen molar-refractivity contribution in [2.75, 3.05) is 5.32 Å². The summed E-state index contributed by atoms with van der Waals surface area (Å²) in [4.78, 5) is 24.2. The van der Waals surface area contributed by atoms with Gasteiger partial charge in [0.05, 0.1) is 35.0 Å². The Labute approximate surface area is 189 Å². The lowest BCUT2D eigenvalue weighted by molar-refractivity contribution is -0.129. The lowest BCUT2D eigenvalue weighted by Gasteiger charge is -2.07. The second-order valence-electron chi connectivity index (χ2n) is 7.28. The Morgan fingerprint density at radius 2 is 1.97 bits per heavy atom. The van der Waals surface area contributed by atoms with Crippen LogP contribution < -0.4 is 10.8 Å². The van der Waals surface area contributed by atoms with E-state index in [0.29, 0.717) is 23.1 Å². The minimum absolute atomic E-state index is 0.338. The lowest BCUT2D eigenvalue weighted by atomic mass is 10.1. The molecule has 0 aliphatic carbocycles. The van der Waals surface area contributed by atoms with E-state index in [4.69, 9.17) is 16.8 Å². The number of rotatable bonds is 10. The van der Waals surface area contributed by atoms with Gasteiger partial charge in [0.2, 0.25) is 11.9 Å². The number of hydrogen-bond acceptors (Lipinski definition) is 7. The van der Waals surface area contributed by atoms with E-state index in [9.17, 15) is 4.79 Å². The molecule has 10 nitrogen and oxygen atoms in total. The highest BCUT2D eigenvalue weighted by molar-refractivity contribution is 6.32. The Morgan fingerprint density at radius 3 is 2.84 bits per heavy atom. The molecule has 0 spiro atoms. The average Bonchev–Trinajstić information content (AvgIpc) is 3.44. The maximum absolute atomic E-state index is 11.0. The van der Waals surface area contributed by atoms with E-state index in [0.717, 1.165) is 49.3 Å². The third-order valence-electron chi connectivity index (χ3n) is 4.96. The van der Waals surface area contributed by atoms with E-state index in [-0.39, 0.29) is 5.91 Å². The minimum Gasteiger partial charge on any atom is -0.321 e. The van der Waals surface area contributed by atoms with Gasteiger partial charge in [0, 0.05) is 25.4 Å². The molecule has 0 aromatic carbocycles. The Hall–Kier alpha value is -3.50. The number of carbonyl (C=O) groups excluding carboxylic acids is 1. The number of fused-ring (bicyclic) bond motifs is 1. The second-order valence-corrected chi connectivity index (χ2v) is 7.69. The molecule has 0 aliphatic rings. The number of pyridine rings is 1. The maximum atomic E-state index is 11.0. The molecule has 0 saturated carbocycles. The molecule has 4 aromatic rings. The molecule has 4 aromatic heterocycles. The smallest absolute Gasteiger partial charge is 0.243 e. The summed E-state index contributed by atoms with van der Waals surface area (Å²) in [6.07, 6.45) is 12.8. The van der Waals surface area contributed by atoms with Gasteiger partial charge < -0.3 is 5.32 Å². The summed E-state index contributed by atoms with van der Waals surface area (Å²) >= 11 is 6.37. The molecule has 0 aliphatic heterocycles. The normalized spacial score (nSPS) is 11.1. The lowest BCUT2D eigenvalue weighted by Crippen LogP contribution is -2.17. The van der Waals surface area contributed by atoms with Crippen molar-refractivity contribution in [3.05, 3.63) is 54.2 Å². The summed E-state index contributed by atoms with van der Waals surface area (Å²) in [6.45, 7) is 0.766. The van der Waals surface area contributed by atoms with Crippen molar-refractivity contribution >= 4 is 34.8 Å². The zero-order valence-corrected chi connectivity index (χ0v) is 18.0. The van der Waals surface area contributed by atoms with Crippen molar-refractivity contribution < 1.29 is 10.0 Å². The maximum Gasteiger partial charge on any atom is 0.243 e. The van der Waals surface area contributed by atoms with E-state index in [1.165, 1.54) is 0 Å². The molecule has 0 fully saturated rings. The van der Waals surface area contributed by atoms with Gasteiger partial charge in [-0.2, -0.15) is 5.10 Å². The Morgan fingerprint density at radius 1 is 1.09 bits per heavy atom. The van der Waals surface area contributed by atoms with Crippen molar-refractivity contribution in [3.8, 4) is 11.4 Å². The number of unbranched alkanes of at least 4 members (excludes halogenated alkanes) is 3. The molecular formula is C21H23ClN8O2. The van der Waals surface area contributed by atoms with Crippen molar-refractivity contribution in [2.45, 2.75) is 38.6 Å². The highest BCUT2D eigenvalue weighted by atomic mass is 35.5. The van der Waals surface area contributed by atoms with Gasteiger partial charge in [-0.3, -0.25) is 19.1 Å². The first-order chi connectivity index (χ1) is 15.6. The van der Waals surface area contributed by atoms with Crippen LogP contribution in [0.2, 0.25) is 5.02 Å². The molecule has 0 atom stereocenters. The van der Waals surface area contributed by atoms with Crippen molar-refractivity contribution in [3.63, 3.8) is 0 Å². The highest BCUT2D eigenvalue weighted by Crippen LogP contribution is 2.27. The van der Waals surface area contributed by atoms with Crippen LogP contribution in [0.4, 0.5) is 11.6 Å². The number of aromatic nitrogens is 6. The molecule has 0 bridgehead atoms. The van der Waals surface area contributed by atoms with Crippen LogP contribution in [0.3, 0.4) is 0 Å². The molecule has 32 heavy (non-hydrogen) atoms. The fourth-order valence-electron chi connectivity index (χ4n) is 3.36. The number of carbonyl (C=O) groups is 1. The van der Waals surface area contributed by atoms with Crippen LogP contribution in [-0.2, 0) is 11.3 Å². The first kappa shape index (κ1) is 21.7. The fourth-order valence-corrected chi connectivity index (χ4v) is 3.55. The van der Waals surface area contributed by atoms with Gasteiger partial charge in [-0.1, -0.05) is 30.5 Å². The number of imidazole rings is 1.